The Bertz CT molecular complexity index is 710. The molecule has 1 fully saturated rings. The molecule has 1 aromatic carbocycles. The van der Waals surface area contributed by atoms with Gasteiger partial charge in [0.05, 0.1) is 0 Å². The fourth-order valence-corrected chi connectivity index (χ4v) is 2.62. The fourth-order valence-electron chi connectivity index (χ4n) is 2.62. The molecule has 0 bridgehead atoms. The molecule has 118 valence electrons. The number of hydrogen-bond donors (Lipinski definition) is 1. The fraction of sp³-hybridized carbons (Fsp3) is 0.235. The molecule has 1 aromatic heterocycles. The van der Waals surface area contributed by atoms with Crippen molar-refractivity contribution in [3.05, 3.63) is 59.8 Å². The van der Waals surface area contributed by atoms with E-state index in [0.29, 0.717) is 37.6 Å². The Morgan fingerprint density at radius 2 is 1.61 bits per heavy atom. The number of amides is 1. The summed E-state index contributed by atoms with van der Waals surface area (Å²) in [6, 6.07) is 14.2. The van der Waals surface area contributed by atoms with Crippen molar-refractivity contribution < 1.29 is 14.7 Å². The second-order valence-corrected chi connectivity index (χ2v) is 5.33. The second-order valence-electron chi connectivity index (χ2n) is 5.33. The van der Waals surface area contributed by atoms with Crippen molar-refractivity contribution in [3.63, 3.8) is 0 Å². The molecule has 0 atom stereocenters. The molecular formula is C17H17N3O3. The number of aromatic carboxylic acids is 1. The monoisotopic (exact) mass is 311 g/mol. The first kappa shape index (κ1) is 15.0. The molecule has 6 heteroatoms. The third-order valence-electron chi connectivity index (χ3n) is 3.87. The van der Waals surface area contributed by atoms with Crippen molar-refractivity contribution in [2.75, 3.05) is 31.1 Å². The van der Waals surface area contributed by atoms with Gasteiger partial charge in [0, 0.05) is 31.7 Å². The molecular weight excluding hydrogens is 294 g/mol. The minimum atomic E-state index is -1.04. The average molecular weight is 311 g/mol. The largest absolute Gasteiger partial charge is 0.477 e. The number of piperazine rings is 1. The lowest BCUT2D eigenvalue weighted by Gasteiger charge is -2.35. The molecule has 1 aliphatic heterocycles. The van der Waals surface area contributed by atoms with Gasteiger partial charge in [-0.2, -0.15) is 0 Å². The van der Waals surface area contributed by atoms with E-state index in [1.807, 2.05) is 40.1 Å². The molecule has 1 saturated heterocycles. The number of hydrogen-bond acceptors (Lipinski definition) is 4. The number of carboxylic acid groups (broad SMARTS) is 1. The lowest BCUT2D eigenvalue weighted by Crippen LogP contribution is -2.49. The molecule has 1 aliphatic rings. The van der Waals surface area contributed by atoms with E-state index in [9.17, 15) is 9.59 Å². The predicted molar refractivity (Wildman–Crippen MR) is 85.8 cm³/mol. The summed E-state index contributed by atoms with van der Waals surface area (Å²) in [7, 11) is 0. The summed E-state index contributed by atoms with van der Waals surface area (Å²) in [6.07, 6.45) is 0. The average Bonchev–Trinajstić information content (AvgIpc) is 2.62. The highest BCUT2D eigenvalue weighted by atomic mass is 16.4. The van der Waals surface area contributed by atoms with Crippen LogP contribution in [0.25, 0.3) is 0 Å². The lowest BCUT2D eigenvalue weighted by molar-refractivity contribution is 0.0690. The van der Waals surface area contributed by atoms with E-state index in [1.54, 1.807) is 12.1 Å². The van der Waals surface area contributed by atoms with E-state index in [-0.39, 0.29) is 11.6 Å². The molecule has 2 heterocycles. The van der Waals surface area contributed by atoms with Gasteiger partial charge in [0.1, 0.15) is 5.82 Å². The number of anilines is 1. The molecule has 6 nitrogen and oxygen atoms in total. The van der Waals surface area contributed by atoms with Crippen molar-refractivity contribution in [1.82, 2.24) is 9.88 Å². The first-order valence-corrected chi connectivity index (χ1v) is 7.45. The van der Waals surface area contributed by atoms with Crippen LogP contribution in [-0.2, 0) is 0 Å². The molecule has 23 heavy (non-hydrogen) atoms. The number of carbonyl (C=O) groups excluding carboxylic acids is 1. The maximum atomic E-state index is 12.4. The van der Waals surface area contributed by atoms with Crippen LogP contribution in [0.2, 0.25) is 0 Å². The van der Waals surface area contributed by atoms with Gasteiger partial charge in [0.25, 0.3) is 5.91 Å². The summed E-state index contributed by atoms with van der Waals surface area (Å²) >= 11 is 0. The first-order chi connectivity index (χ1) is 11.1. The van der Waals surface area contributed by atoms with E-state index in [2.05, 4.69) is 4.98 Å². The summed E-state index contributed by atoms with van der Waals surface area (Å²) in [6.45, 7) is 2.45. The summed E-state index contributed by atoms with van der Waals surface area (Å²) < 4.78 is 0. The van der Waals surface area contributed by atoms with Gasteiger partial charge in [-0.3, -0.25) is 4.79 Å². The van der Waals surface area contributed by atoms with Crippen molar-refractivity contribution >= 4 is 17.7 Å². The highest BCUT2D eigenvalue weighted by molar-refractivity contribution is 5.94. The zero-order valence-corrected chi connectivity index (χ0v) is 12.6. The van der Waals surface area contributed by atoms with Crippen LogP contribution < -0.4 is 4.90 Å². The van der Waals surface area contributed by atoms with E-state index >= 15 is 0 Å². The van der Waals surface area contributed by atoms with Crippen molar-refractivity contribution in [1.29, 1.82) is 0 Å². The molecule has 0 spiro atoms. The third-order valence-corrected chi connectivity index (χ3v) is 3.87. The quantitative estimate of drug-likeness (QED) is 0.934. The first-order valence-electron chi connectivity index (χ1n) is 7.45. The maximum Gasteiger partial charge on any atom is 0.354 e. The lowest BCUT2D eigenvalue weighted by atomic mass is 10.2. The number of rotatable bonds is 3. The molecule has 0 unspecified atom stereocenters. The molecule has 0 radical (unpaired) electrons. The molecule has 0 aliphatic carbocycles. The number of carboxylic acids is 1. The van der Waals surface area contributed by atoms with E-state index < -0.39 is 5.97 Å². The maximum absolute atomic E-state index is 12.4. The molecule has 0 saturated carbocycles. The van der Waals surface area contributed by atoms with Gasteiger partial charge in [-0.05, 0) is 24.3 Å². The van der Waals surface area contributed by atoms with Crippen LogP contribution in [0.5, 0.6) is 0 Å². The minimum Gasteiger partial charge on any atom is -0.477 e. The van der Waals surface area contributed by atoms with Gasteiger partial charge in [-0.25, -0.2) is 9.78 Å². The van der Waals surface area contributed by atoms with Crippen LogP contribution in [0.1, 0.15) is 20.8 Å². The topological polar surface area (TPSA) is 73.7 Å². The Balaban J connectivity index is 1.66. The smallest absolute Gasteiger partial charge is 0.354 e. The van der Waals surface area contributed by atoms with Crippen LogP contribution in [0, 0.1) is 0 Å². The second kappa shape index (κ2) is 6.48. The molecule has 2 aromatic rings. The number of benzene rings is 1. The molecule has 1 N–H and O–H groups in total. The summed E-state index contributed by atoms with van der Waals surface area (Å²) in [4.78, 5) is 31.4. The third kappa shape index (κ3) is 3.31. The van der Waals surface area contributed by atoms with E-state index in [4.69, 9.17) is 5.11 Å². The van der Waals surface area contributed by atoms with Gasteiger partial charge < -0.3 is 14.9 Å². The predicted octanol–water partition coefficient (Wildman–Crippen LogP) is 1.74. The van der Waals surface area contributed by atoms with E-state index in [1.165, 1.54) is 6.07 Å². The number of aromatic nitrogens is 1. The van der Waals surface area contributed by atoms with Crippen LogP contribution in [-0.4, -0.2) is 53.0 Å². The van der Waals surface area contributed by atoms with Crippen molar-refractivity contribution in [2.45, 2.75) is 0 Å². The van der Waals surface area contributed by atoms with Gasteiger partial charge in [-0.15, -0.1) is 0 Å². The van der Waals surface area contributed by atoms with Gasteiger partial charge in [-0.1, -0.05) is 24.3 Å². The van der Waals surface area contributed by atoms with Crippen LogP contribution in [0.15, 0.2) is 48.5 Å². The molecule has 3 rings (SSSR count). The Labute approximate surface area is 134 Å². The zero-order chi connectivity index (χ0) is 16.2. The standard InChI is InChI=1S/C17H17N3O3/c21-16(13-5-2-1-3-6-13)20-11-9-19(10-12-20)15-8-4-7-14(18-15)17(22)23/h1-8H,9-12H2,(H,22,23). The van der Waals surface area contributed by atoms with Crippen LogP contribution in [0.4, 0.5) is 5.82 Å². The highest BCUT2D eigenvalue weighted by Crippen LogP contribution is 2.16. The van der Waals surface area contributed by atoms with Crippen molar-refractivity contribution in [3.8, 4) is 0 Å². The normalized spacial score (nSPS) is 14.6. The van der Waals surface area contributed by atoms with E-state index in [0.717, 1.165) is 0 Å². The van der Waals surface area contributed by atoms with Crippen molar-refractivity contribution in [2.24, 2.45) is 0 Å². The summed E-state index contributed by atoms with van der Waals surface area (Å²) in [5, 5.41) is 9.01. The zero-order valence-electron chi connectivity index (χ0n) is 12.6. The number of pyridine rings is 1. The Morgan fingerprint density at radius 1 is 0.913 bits per heavy atom. The van der Waals surface area contributed by atoms with Crippen LogP contribution in [0.3, 0.4) is 0 Å². The Hall–Kier alpha value is -2.89. The Morgan fingerprint density at radius 3 is 2.26 bits per heavy atom. The van der Waals surface area contributed by atoms with Crippen LogP contribution >= 0.6 is 0 Å². The molecule has 1 amide bonds. The van der Waals surface area contributed by atoms with Gasteiger partial charge in [0.15, 0.2) is 5.69 Å². The van der Waals surface area contributed by atoms with Gasteiger partial charge in [0.2, 0.25) is 0 Å². The SMILES string of the molecule is O=C(O)c1cccc(N2CCN(C(=O)c3ccccc3)CC2)n1. The van der Waals surface area contributed by atoms with Gasteiger partial charge >= 0.3 is 5.97 Å². The summed E-state index contributed by atoms with van der Waals surface area (Å²) in [5.74, 6) is -0.376. The number of carbonyl (C=O) groups is 2. The highest BCUT2D eigenvalue weighted by Gasteiger charge is 2.23. The summed E-state index contributed by atoms with van der Waals surface area (Å²) in [5.41, 5.74) is 0.720. The minimum absolute atomic E-state index is 0.0255. The Kier molecular flexibility index (Phi) is 4.23. The number of nitrogens with zero attached hydrogens (tertiary/aromatic N) is 3.